The van der Waals surface area contributed by atoms with Gasteiger partial charge in [0.1, 0.15) is 12.9 Å². The van der Waals surface area contributed by atoms with E-state index in [1.807, 2.05) is 48.5 Å². The van der Waals surface area contributed by atoms with E-state index in [0.29, 0.717) is 25.3 Å². The number of nitrogens with zero attached hydrogens (tertiary/aromatic N) is 2. The van der Waals surface area contributed by atoms with Crippen molar-refractivity contribution in [2.24, 2.45) is 0 Å². The summed E-state index contributed by atoms with van der Waals surface area (Å²) in [5.74, 6) is 6.35. The third-order valence-electron chi connectivity index (χ3n) is 4.48. The molecular formula is C24H24N2O3. The van der Waals surface area contributed by atoms with Crippen LogP contribution in [0.15, 0.2) is 67.2 Å². The van der Waals surface area contributed by atoms with E-state index in [4.69, 9.17) is 9.57 Å². The van der Waals surface area contributed by atoms with Gasteiger partial charge in [0.2, 0.25) is 0 Å². The highest BCUT2D eigenvalue weighted by Gasteiger charge is 2.20. The Bertz CT molecular complexity index is 1060. The summed E-state index contributed by atoms with van der Waals surface area (Å²) in [5.41, 5.74) is 2.51. The lowest BCUT2D eigenvalue weighted by Gasteiger charge is -2.22. The molecule has 29 heavy (non-hydrogen) atoms. The van der Waals surface area contributed by atoms with Gasteiger partial charge in [0.15, 0.2) is 0 Å². The SMILES string of the molecule is C=C(CN(CCC#CC)C(=O)Oc1ccccc1)c1cc2ccccc2n1OC. The predicted octanol–water partition coefficient (Wildman–Crippen LogP) is 4.63. The molecule has 2 aromatic carbocycles. The van der Waals surface area contributed by atoms with Crippen LogP contribution in [0.5, 0.6) is 5.75 Å². The third-order valence-corrected chi connectivity index (χ3v) is 4.48. The van der Waals surface area contributed by atoms with Gasteiger partial charge in [-0.1, -0.05) is 43.0 Å². The first-order valence-electron chi connectivity index (χ1n) is 9.38. The van der Waals surface area contributed by atoms with Crippen LogP contribution in [-0.4, -0.2) is 35.9 Å². The molecule has 1 amide bonds. The van der Waals surface area contributed by atoms with Crippen molar-refractivity contribution < 1.29 is 14.4 Å². The Morgan fingerprint density at radius 3 is 2.59 bits per heavy atom. The first-order valence-corrected chi connectivity index (χ1v) is 9.38. The third kappa shape index (κ3) is 4.80. The highest BCUT2D eigenvalue weighted by molar-refractivity contribution is 5.86. The second-order valence-electron chi connectivity index (χ2n) is 6.45. The number of fused-ring (bicyclic) bond motifs is 1. The van der Waals surface area contributed by atoms with E-state index in [1.54, 1.807) is 35.8 Å². The molecule has 0 atom stereocenters. The summed E-state index contributed by atoms with van der Waals surface area (Å²) in [4.78, 5) is 19.9. The molecule has 0 saturated heterocycles. The Hall–Kier alpha value is -3.65. The van der Waals surface area contributed by atoms with Gasteiger partial charge in [0.25, 0.3) is 0 Å². The smallest absolute Gasteiger partial charge is 0.415 e. The maximum atomic E-state index is 12.8. The molecule has 0 radical (unpaired) electrons. The summed E-state index contributed by atoms with van der Waals surface area (Å²) in [6.07, 6.45) is 0.122. The summed E-state index contributed by atoms with van der Waals surface area (Å²) in [5, 5.41) is 1.04. The van der Waals surface area contributed by atoms with E-state index in [1.165, 1.54) is 0 Å². The molecule has 0 fully saturated rings. The number of ether oxygens (including phenoxy) is 1. The lowest BCUT2D eigenvalue weighted by Crippen LogP contribution is -2.35. The molecule has 148 valence electrons. The number of carbonyl (C=O) groups is 1. The Labute approximate surface area is 171 Å². The average molecular weight is 388 g/mol. The molecule has 0 N–H and O–H groups in total. The molecule has 1 heterocycles. The van der Waals surface area contributed by atoms with Gasteiger partial charge in [0.05, 0.1) is 17.8 Å². The first kappa shape index (κ1) is 20.1. The topological polar surface area (TPSA) is 43.7 Å². The second-order valence-corrected chi connectivity index (χ2v) is 6.45. The van der Waals surface area contributed by atoms with Crippen molar-refractivity contribution in [1.29, 1.82) is 0 Å². The molecule has 1 aromatic heterocycles. The summed E-state index contributed by atoms with van der Waals surface area (Å²) in [6, 6.07) is 19.0. The number of benzene rings is 2. The fraction of sp³-hybridized carbons (Fsp3) is 0.208. The molecule has 0 aliphatic rings. The van der Waals surface area contributed by atoms with Gasteiger partial charge in [-0.25, -0.2) is 4.79 Å². The fourth-order valence-electron chi connectivity index (χ4n) is 3.09. The first-order chi connectivity index (χ1) is 14.1. The number of aromatic nitrogens is 1. The van der Waals surface area contributed by atoms with E-state index >= 15 is 0 Å². The van der Waals surface area contributed by atoms with Crippen LogP contribution >= 0.6 is 0 Å². The van der Waals surface area contributed by atoms with Gasteiger partial charge in [-0.3, -0.25) is 0 Å². The van der Waals surface area contributed by atoms with Crippen LogP contribution in [0.3, 0.4) is 0 Å². The van der Waals surface area contributed by atoms with Crippen LogP contribution in [0.4, 0.5) is 4.79 Å². The van der Waals surface area contributed by atoms with Gasteiger partial charge >= 0.3 is 6.09 Å². The van der Waals surface area contributed by atoms with Crippen LogP contribution < -0.4 is 9.57 Å². The Kier molecular flexibility index (Phi) is 6.59. The summed E-state index contributed by atoms with van der Waals surface area (Å²) >= 11 is 0. The van der Waals surface area contributed by atoms with E-state index in [0.717, 1.165) is 22.2 Å². The number of para-hydroxylation sites is 2. The summed E-state index contributed by atoms with van der Waals surface area (Å²) in [7, 11) is 1.61. The molecule has 5 heteroatoms. The molecule has 0 unspecified atom stereocenters. The molecule has 3 aromatic rings. The fourth-order valence-corrected chi connectivity index (χ4v) is 3.09. The van der Waals surface area contributed by atoms with Crippen LogP contribution in [0.1, 0.15) is 19.0 Å². The van der Waals surface area contributed by atoms with Crippen LogP contribution in [0.25, 0.3) is 16.5 Å². The molecule has 0 aliphatic carbocycles. The van der Waals surface area contributed by atoms with E-state index in [-0.39, 0.29) is 0 Å². The quantitative estimate of drug-likeness (QED) is 0.555. The molecule has 0 spiro atoms. The van der Waals surface area contributed by atoms with Gasteiger partial charge < -0.3 is 14.5 Å². The highest BCUT2D eigenvalue weighted by atomic mass is 16.6. The molecule has 0 saturated carbocycles. The Morgan fingerprint density at radius 1 is 1.14 bits per heavy atom. The number of carbonyl (C=O) groups excluding carboxylic acids is 1. The molecule has 0 bridgehead atoms. The van der Waals surface area contributed by atoms with Crippen molar-refractivity contribution >= 4 is 22.6 Å². The zero-order valence-corrected chi connectivity index (χ0v) is 16.7. The lowest BCUT2D eigenvalue weighted by molar-refractivity contribution is 0.158. The monoisotopic (exact) mass is 388 g/mol. The minimum absolute atomic E-state index is 0.302. The van der Waals surface area contributed by atoms with Crippen molar-refractivity contribution in [3.05, 3.63) is 72.9 Å². The van der Waals surface area contributed by atoms with E-state index in [9.17, 15) is 4.79 Å². The highest BCUT2D eigenvalue weighted by Crippen LogP contribution is 2.24. The van der Waals surface area contributed by atoms with Gasteiger partial charge in [-0.05, 0) is 36.8 Å². The largest absolute Gasteiger partial charge is 0.417 e. The second kappa shape index (κ2) is 9.52. The molecule has 0 aliphatic heterocycles. The normalized spacial score (nSPS) is 10.1. The Balaban J connectivity index is 1.82. The van der Waals surface area contributed by atoms with Crippen LogP contribution in [0.2, 0.25) is 0 Å². The minimum Gasteiger partial charge on any atom is -0.417 e. The average Bonchev–Trinajstić information content (AvgIpc) is 3.12. The van der Waals surface area contributed by atoms with Crippen molar-refractivity contribution in [3.8, 4) is 17.6 Å². The minimum atomic E-state index is -0.435. The molecule has 5 nitrogen and oxygen atoms in total. The lowest BCUT2D eigenvalue weighted by atomic mass is 10.2. The summed E-state index contributed by atoms with van der Waals surface area (Å²) in [6.45, 7) is 6.73. The van der Waals surface area contributed by atoms with Crippen molar-refractivity contribution in [2.45, 2.75) is 13.3 Å². The molecule has 3 rings (SSSR count). The summed E-state index contributed by atoms with van der Waals surface area (Å²) < 4.78 is 7.25. The number of hydrogen-bond donors (Lipinski definition) is 0. The standard InChI is InChI=1S/C24H24N2O3/c1-4-5-11-16-25(24(27)29-21-13-7-6-8-14-21)18-19(2)23-17-20-12-9-10-15-22(20)26(23)28-3/h6-10,12-15,17H,2,11,16,18H2,1,3H3. The van der Waals surface area contributed by atoms with E-state index in [2.05, 4.69) is 18.4 Å². The van der Waals surface area contributed by atoms with Crippen LogP contribution in [-0.2, 0) is 0 Å². The number of rotatable bonds is 7. The maximum Gasteiger partial charge on any atom is 0.415 e. The molecular weight excluding hydrogens is 364 g/mol. The van der Waals surface area contributed by atoms with Crippen molar-refractivity contribution in [2.75, 3.05) is 20.2 Å². The van der Waals surface area contributed by atoms with Crippen LogP contribution in [0, 0.1) is 11.8 Å². The number of amides is 1. The number of hydrogen-bond acceptors (Lipinski definition) is 3. The predicted molar refractivity (Wildman–Crippen MR) is 116 cm³/mol. The van der Waals surface area contributed by atoms with E-state index < -0.39 is 6.09 Å². The Morgan fingerprint density at radius 2 is 1.86 bits per heavy atom. The zero-order valence-electron chi connectivity index (χ0n) is 16.7. The maximum absolute atomic E-state index is 12.8. The van der Waals surface area contributed by atoms with Gasteiger partial charge in [-0.2, -0.15) is 4.73 Å². The van der Waals surface area contributed by atoms with Gasteiger partial charge in [0, 0.05) is 18.4 Å². The zero-order chi connectivity index (χ0) is 20.6. The van der Waals surface area contributed by atoms with Crippen molar-refractivity contribution in [1.82, 2.24) is 9.63 Å². The van der Waals surface area contributed by atoms with Gasteiger partial charge in [-0.15, -0.1) is 11.8 Å². The van der Waals surface area contributed by atoms with Crippen molar-refractivity contribution in [3.63, 3.8) is 0 Å².